The van der Waals surface area contributed by atoms with Crippen molar-refractivity contribution in [3.63, 3.8) is 0 Å². The summed E-state index contributed by atoms with van der Waals surface area (Å²) in [5.74, 6) is 0.436. The molecule has 0 amide bonds. The first-order valence-corrected chi connectivity index (χ1v) is 6.00. The predicted molar refractivity (Wildman–Crippen MR) is 74.2 cm³/mol. The Balaban J connectivity index is 2.40. The average molecular weight is 259 g/mol. The van der Waals surface area contributed by atoms with Crippen LogP contribution in [-0.2, 0) is 9.47 Å². The number of fused-ring (bicyclic) bond motifs is 1. The number of carbonyl (C=O) groups excluding carboxylic acids is 1. The van der Waals surface area contributed by atoms with E-state index in [2.05, 4.69) is 11.6 Å². The van der Waals surface area contributed by atoms with Crippen molar-refractivity contribution >= 4 is 16.9 Å². The smallest absolute Gasteiger partial charge is 0.354 e. The third-order valence-corrected chi connectivity index (χ3v) is 3.30. The van der Waals surface area contributed by atoms with E-state index in [1.54, 1.807) is 13.2 Å². The Morgan fingerprint density at radius 3 is 2.63 bits per heavy atom. The molecule has 1 unspecified atom stereocenters. The summed E-state index contributed by atoms with van der Waals surface area (Å²) in [4.78, 5) is 14.5. The van der Waals surface area contributed by atoms with E-state index in [9.17, 15) is 4.79 Å². The molecule has 1 heterocycles. The molecule has 0 aliphatic heterocycles. The second-order valence-corrected chi connectivity index (χ2v) is 4.41. The van der Waals surface area contributed by atoms with Crippen LogP contribution in [0.3, 0.4) is 0 Å². The van der Waals surface area contributed by atoms with E-state index < -0.39 is 0 Å². The van der Waals surface area contributed by atoms with Crippen molar-refractivity contribution < 1.29 is 14.3 Å². The quantitative estimate of drug-likeness (QED) is 0.677. The van der Waals surface area contributed by atoms with Gasteiger partial charge in [0.2, 0.25) is 0 Å². The van der Waals surface area contributed by atoms with Crippen LogP contribution in [0, 0.1) is 0 Å². The molecule has 0 saturated carbocycles. The average Bonchev–Trinajstić information content (AvgIpc) is 2.87. The third kappa shape index (κ3) is 2.47. The van der Waals surface area contributed by atoms with Crippen LogP contribution in [0.15, 0.2) is 36.6 Å². The van der Waals surface area contributed by atoms with E-state index in [1.165, 1.54) is 7.11 Å². The van der Waals surface area contributed by atoms with Crippen molar-refractivity contribution in [2.24, 2.45) is 0 Å². The Labute approximate surface area is 112 Å². The summed E-state index contributed by atoms with van der Waals surface area (Å²) in [6.07, 6.45) is 0. The fourth-order valence-corrected chi connectivity index (χ4v) is 2.00. The first-order valence-electron chi connectivity index (χ1n) is 6.00. The number of H-pyrrole nitrogens is 1. The van der Waals surface area contributed by atoms with E-state index in [0.717, 1.165) is 16.5 Å². The largest absolute Gasteiger partial charge is 0.501 e. The number of hydrogen-bond donors (Lipinski definition) is 1. The van der Waals surface area contributed by atoms with E-state index >= 15 is 0 Å². The highest BCUT2D eigenvalue weighted by atomic mass is 16.5. The van der Waals surface area contributed by atoms with Crippen LogP contribution in [0.25, 0.3) is 10.9 Å². The standard InChI is InChI=1S/C15H17NO3/c1-9(10(2)18-3)11-5-6-12-8-14(15(17)19-4)16-13(12)7-11/h5-9,16H,2H2,1,3-4H3. The zero-order valence-corrected chi connectivity index (χ0v) is 11.3. The molecule has 100 valence electrons. The highest BCUT2D eigenvalue weighted by Gasteiger charge is 2.13. The maximum absolute atomic E-state index is 11.5. The number of hydrogen-bond acceptors (Lipinski definition) is 3. The number of nitrogens with one attached hydrogen (secondary N) is 1. The van der Waals surface area contributed by atoms with Crippen molar-refractivity contribution in [2.75, 3.05) is 14.2 Å². The van der Waals surface area contributed by atoms with E-state index in [4.69, 9.17) is 9.47 Å². The molecule has 2 rings (SSSR count). The summed E-state index contributed by atoms with van der Waals surface area (Å²) >= 11 is 0. The van der Waals surface area contributed by atoms with Crippen LogP contribution in [0.2, 0.25) is 0 Å². The Bertz CT molecular complexity index is 627. The molecule has 4 nitrogen and oxygen atoms in total. The van der Waals surface area contributed by atoms with Gasteiger partial charge in [0.25, 0.3) is 0 Å². The van der Waals surface area contributed by atoms with Crippen LogP contribution >= 0.6 is 0 Å². The SMILES string of the molecule is C=C(OC)C(C)c1ccc2cc(C(=O)OC)[nH]c2c1. The molecule has 19 heavy (non-hydrogen) atoms. The van der Waals surface area contributed by atoms with Crippen molar-refractivity contribution in [1.29, 1.82) is 0 Å². The fraction of sp³-hybridized carbons (Fsp3) is 0.267. The van der Waals surface area contributed by atoms with Crippen LogP contribution < -0.4 is 0 Å². The van der Waals surface area contributed by atoms with Gasteiger partial charge in [0.05, 0.1) is 20.0 Å². The number of esters is 1. The molecule has 0 aliphatic carbocycles. The fourth-order valence-electron chi connectivity index (χ4n) is 2.00. The lowest BCUT2D eigenvalue weighted by Gasteiger charge is -2.13. The van der Waals surface area contributed by atoms with Gasteiger partial charge in [-0.3, -0.25) is 0 Å². The first kappa shape index (κ1) is 13.2. The second-order valence-electron chi connectivity index (χ2n) is 4.41. The number of aromatic amines is 1. The topological polar surface area (TPSA) is 51.3 Å². The summed E-state index contributed by atoms with van der Waals surface area (Å²) in [5, 5.41) is 0.972. The van der Waals surface area contributed by atoms with Gasteiger partial charge in [0.1, 0.15) is 5.69 Å². The highest BCUT2D eigenvalue weighted by Crippen LogP contribution is 2.26. The first-order chi connectivity index (χ1) is 9.06. The third-order valence-electron chi connectivity index (χ3n) is 3.30. The number of carbonyl (C=O) groups is 1. The molecule has 0 spiro atoms. The molecule has 1 aromatic carbocycles. The van der Waals surface area contributed by atoms with Crippen molar-refractivity contribution in [2.45, 2.75) is 12.8 Å². The normalized spacial score (nSPS) is 12.2. The summed E-state index contributed by atoms with van der Waals surface area (Å²) in [5.41, 5.74) is 2.43. The molecule has 1 aromatic heterocycles. The molecular weight excluding hydrogens is 242 g/mol. The predicted octanol–water partition coefficient (Wildman–Crippen LogP) is 3.22. The van der Waals surface area contributed by atoms with Crippen LogP contribution in [0.1, 0.15) is 28.9 Å². The molecular formula is C15H17NO3. The van der Waals surface area contributed by atoms with Gasteiger partial charge in [-0.15, -0.1) is 0 Å². The van der Waals surface area contributed by atoms with Gasteiger partial charge in [-0.1, -0.05) is 25.6 Å². The number of rotatable bonds is 4. The summed E-state index contributed by atoms with van der Waals surface area (Å²) in [6.45, 7) is 5.89. The molecule has 0 aliphatic rings. The minimum atomic E-state index is -0.368. The minimum absolute atomic E-state index is 0.0966. The molecule has 1 atom stereocenters. The Hall–Kier alpha value is -2.23. The van der Waals surface area contributed by atoms with Gasteiger partial charge in [-0.25, -0.2) is 4.79 Å². The van der Waals surface area contributed by atoms with Gasteiger partial charge < -0.3 is 14.5 Å². The van der Waals surface area contributed by atoms with Gasteiger partial charge in [0.15, 0.2) is 0 Å². The number of ether oxygens (including phenoxy) is 2. The molecule has 0 bridgehead atoms. The lowest BCUT2D eigenvalue weighted by atomic mass is 9.99. The zero-order valence-electron chi connectivity index (χ0n) is 11.3. The van der Waals surface area contributed by atoms with E-state index in [0.29, 0.717) is 11.5 Å². The van der Waals surface area contributed by atoms with Gasteiger partial charge in [-0.05, 0) is 17.7 Å². The molecule has 2 aromatic rings. The highest BCUT2D eigenvalue weighted by molar-refractivity contribution is 5.94. The zero-order chi connectivity index (χ0) is 14.0. The lowest BCUT2D eigenvalue weighted by Crippen LogP contribution is -2.00. The second kappa shape index (κ2) is 5.18. The van der Waals surface area contributed by atoms with Crippen LogP contribution in [0.5, 0.6) is 0 Å². The maximum atomic E-state index is 11.5. The van der Waals surface area contributed by atoms with Gasteiger partial charge >= 0.3 is 5.97 Å². The van der Waals surface area contributed by atoms with Gasteiger partial charge in [-0.2, -0.15) is 0 Å². The Morgan fingerprint density at radius 1 is 1.26 bits per heavy atom. The summed E-state index contributed by atoms with van der Waals surface area (Å²) < 4.78 is 9.86. The minimum Gasteiger partial charge on any atom is -0.501 e. The van der Waals surface area contributed by atoms with Crippen molar-refractivity contribution in [1.82, 2.24) is 4.98 Å². The maximum Gasteiger partial charge on any atom is 0.354 e. The van der Waals surface area contributed by atoms with Crippen molar-refractivity contribution in [3.8, 4) is 0 Å². The van der Waals surface area contributed by atoms with Crippen LogP contribution in [0.4, 0.5) is 0 Å². The molecule has 4 heteroatoms. The lowest BCUT2D eigenvalue weighted by molar-refractivity contribution is 0.0595. The monoisotopic (exact) mass is 259 g/mol. The molecule has 0 radical (unpaired) electrons. The number of benzene rings is 1. The Kier molecular flexibility index (Phi) is 3.60. The number of methoxy groups -OCH3 is 2. The van der Waals surface area contributed by atoms with Crippen LogP contribution in [-0.4, -0.2) is 25.2 Å². The Morgan fingerprint density at radius 2 is 2.00 bits per heavy atom. The number of aromatic nitrogens is 1. The summed E-state index contributed by atoms with van der Waals surface area (Å²) in [7, 11) is 2.98. The molecule has 0 saturated heterocycles. The van der Waals surface area contributed by atoms with Crippen molar-refractivity contribution in [3.05, 3.63) is 47.9 Å². The molecule has 0 fully saturated rings. The number of allylic oxidation sites excluding steroid dienone is 1. The summed E-state index contributed by atoms with van der Waals surface area (Å²) in [6, 6.07) is 7.75. The molecule has 1 N–H and O–H groups in total. The van der Waals surface area contributed by atoms with E-state index in [-0.39, 0.29) is 11.9 Å². The van der Waals surface area contributed by atoms with Gasteiger partial charge in [0, 0.05) is 16.8 Å². The van der Waals surface area contributed by atoms with E-state index in [1.807, 2.05) is 25.1 Å².